The molecule has 0 spiro atoms. The van der Waals surface area contributed by atoms with Gasteiger partial charge in [-0.2, -0.15) is 4.37 Å². The molecule has 1 aromatic carbocycles. The summed E-state index contributed by atoms with van der Waals surface area (Å²) in [5.41, 5.74) is 11.7. The lowest BCUT2D eigenvalue weighted by Crippen LogP contribution is -2.43. The number of halogens is 1. The van der Waals surface area contributed by atoms with E-state index in [2.05, 4.69) is 9.69 Å². The minimum atomic E-state index is -1.17. The largest absolute Gasteiger partial charge is 0.464 e. The average Bonchev–Trinajstić information content (AvgIpc) is 3.60. The van der Waals surface area contributed by atoms with Crippen LogP contribution < -0.4 is 16.8 Å². The van der Waals surface area contributed by atoms with Gasteiger partial charge in [0, 0.05) is 11.4 Å². The molecule has 0 aliphatic carbocycles. The number of furan rings is 1. The highest BCUT2D eigenvalue weighted by Crippen LogP contribution is 2.31. The van der Waals surface area contributed by atoms with Gasteiger partial charge in [-0.25, -0.2) is 4.39 Å². The van der Waals surface area contributed by atoms with Gasteiger partial charge in [0.1, 0.15) is 22.2 Å². The SMILES string of the molecule is Cc1ccc(C(C(=O)NCc2ccc(F)cc2)N(Cc2cccs2)C(=O)c2snc(C(N)=O)c2N)o1. The van der Waals surface area contributed by atoms with Crippen molar-refractivity contribution in [1.29, 1.82) is 0 Å². The summed E-state index contributed by atoms with van der Waals surface area (Å²) >= 11 is 2.14. The fourth-order valence-corrected chi connectivity index (χ4v) is 4.99. The molecule has 4 rings (SSSR count). The van der Waals surface area contributed by atoms with Crippen LogP contribution in [0.1, 0.15) is 48.2 Å². The lowest BCUT2D eigenvalue weighted by atomic mass is 10.1. The number of aromatic nitrogens is 1. The molecule has 1 atom stereocenters. The van der Waals surface area contributed by atoms with Crippen LogP contribution in [-0.2, 0) is 17.9 Å². The lowest BCUT2D eigenvalue weighted by molar-refractivity contribution is -0.126. The van der Waals surface area contributed by atoms with E-state index < -0.39 is 23.8 Å². The van der Waals surface area contributed by atoms with Gasteiger partial charge in [0.15, 0.2) is 11.7 Å². The fourth-order valence-electron chi connectivity index (χ4n) is 3.52. The van der Waals surface area contributed by atoms with Gasteiger partial charge in [-0.1, -0.05) is 18.2 Å². The van der Waals surface area contributed by atoms with Crippen molar-refractivity contribution in [2.45, 2.75) is 26.1 Å². The Labute approximate surface area is 213 Å². The number of nitrogens with two attached hydrogens (primary N) is 2. The number of anilines is 1. The summed E-state index contributed by atoms with van der Waals surface area (Å²) in [6.45, 7) is 1.89. The van der Waals surface area contributed by atoms with E-state index in [9.17, 15) is 18.8 Å². The maximum absolute atomic E-state index is 13.8. The molecule has 186 valence electrons. The molecule has 0 aliphatic rings. The van der Waals surface area contributed by atoms with E-state index in [-0.39, 0.29) is 40.9 Å². The number of aryl methyl sites for hydroxylation is 1. The second kappa shape index (κ2) is 10.7. The van der Waals surface area contributed by atoms with E-state index in [1.165, 1.54) is 28.4 Å². The number of carbonyl (C=O) groups is 3. The van der Waals surface area contributed by atoms with Crippen molar-refractivity contribution < 1.29 is 23.2 Å². The van der Waals surface area contributed by atoms with Gasteiger partial charge in [-0.3, -0.25) is 14.4 Å². The van der Waals surface area contributed by atoms with Crippen LogP contribution in [-0.4, -0.2) is 27.0 Å². The second-order valence-corrected chi connectivity index (χ2v) is 9.65. The number of nitrogen functional groups attached to an aromatic ring is 1. The minimum Gasteiger partial charge on any atom is -0.464 e. The van der Waals surface area contributed by atoms with Crippen LogP contribution in [0.5, 0.6) is 0 Å². The monoisotopic (exact) mass is 527 g/mol. The van der Waals surface area contributed by atoms with Gasteiger partial charge in [0.05, 0.1) is 12.2 Å². The molecule has 9 nitrogen and oxygen atoms in total. The van der Waals surface area contributed by atoms with Gasteiger partial charge < -0.3 is 26.1 Å². The van der Waals surface area contributed by atoms with E-state index in [4.69, 9.17) is 15.9 Å². The summed E-state index contributed by atoms with van der Waals surface area (Å²) in [6.07, 6.45) is 0. The quantitative estimate of drug-likeness (QED) is 0.303. The molecule has 0 radical (unpaired) electrons. The summed E-state index contributed by atoms with van der Waals surface area (Å²) in [5, 5.41) is 4.65. The Balaban J connectivity index is 1.71. The van der Waals surface area contributed by atoms with Crippen LogP contribution >= 0.6 is 22.9 Å². The van der Waals surface area contributed by atoms with E-state index in [0.717, 1.165) is 16.4 Å². The van der Waals surface area contributed by atoms with Crippen molar-refractivity contribution in [3.05, 3.63) is 92.3 Å². The van der Waals surface area contributed by atoms with Crippen LogP contribution in [0.2, 0.25) is 0 Å². The Bertz CT molecular complexity index is 1380. The zero-order chi connectivity index (χ0) is 25.8. The average molecular weight is 528 g/mol. The number of hydrogen-bond donors (Lipinski definition) is 3. The maximum Gasteiger partial charge on any atom is 0.270 e. The first kappa shape index (κ1) is 25.1. The van der Waals surface area contributed by atoms with Crippen LogP contribution in [0.15, 0.2) is 58.3 Å². The topological polar surface area (TPSA) is 145 Å². The Morgan fingerprint density at radius 1 is 1.17 bits per heavy atom. The predicted octanol–water partition coefficient (Wildman–Crippen LogP) is 3.63. The third-order valence-corrected chi connectivity index (χ3v) is 7.01. The summed E-state index contributed by atoms with van der Waals surface area (Å²) in [5.74, 6) is -1.58. The summed E-state index contributed by atoms with van der Waals surface area (Å²) in [7, 11) is 0. The first-order chi connectivity index (χ1) is 17.2. The number of nitrogens with zero attached hydrogens (tertiary/aromatic N) is 2. The Kier molecular flexibility index (Phi) is 7.46. The molecule has 0 bridgehead atoms. The Hall–Kier alpha value is -4.03. The molecule has 0 aliphatic heterocycles. The van der Waals surface area contributed by atoms with Crippen LogP contribution in [0.3, 0.4) is 0 Å². The van der Waals surface area contributed by atoms with Crippen molar-refractivity contribution in [2.75, 3.05) is 5.73 Å². The van der Waals surface area contributed by atoms with Crippen LogP contribution in [0, 0.1) is 12.7 Å². The number of rotatable bonds is 9. The number of thiophene rings is 1. The van der Waals surface area contributed by atoms with Crippen molar-refractivity contribution in [1.82, 2.24) is 14.6 Å². The Morgan fingerprint density at radius 3 is 2.50 bits per heavy atom. The van der Waals surface area contributed by atoms with Crippen molar-refractivity contribution >= 4 is 46.3 Å². The van der Waals surface area contributed by atoms with Crippen LogP contribution in [0.4, 0.5) is 10.1 Å². The molecule has 4 aromatic rings. The van der Waals surface area contributed by atoms with Crippen molar-refractivity contribution in [2.24, 2.45) is 5.73 Å². The molecule has 36 heavy (non-hydrogen) atoms. The normalized spacial score (nSPS) is 11.7. The zero-order valence-corrected chi connectivity index (χ0v) is 20.7. The van der Waals surface area contributed by atoms with Gasteiger partial charge in [-0.15, -0.1) is 11.3 Å². The number of nitrogens with one attached hydrogen (secondary N) is 1. The minimum absolute atomic E-state index is 0.0139. The summed E-state index contributed by atoms with van der Waals surface area (Å²) in [4.78, 5) is 41.1. The molecule has 3 aromatic heterocycles. The third-order valence-electron chi connectivity index (χ3n) is 5.29. The zero-order valence-electron chi connectivity index (χ0n) is 19.1. The fraction of sp³-hybridized carbons (Fsp3) is 0.167. The first-order valence-electron chi connectivity index (χ1n) is 10.7. The molecule has 0 fully saturated rings. The number of carbonyl (C=O) groups excluding carboxylic acids is 3. The van der Waals surface area contributed by atoms with E-state index >= 15 is 0 Å². The molecule has 12 heteroatoms. The van der Waals surface area contributed by atoms with Crippen molar-refractivity contribution in [3.8, 4) is 0 Å². The first-order valence-corrected chi connectivity index (χ1v) is 12.4. The van der Waals surface area contributed by atoms with Gasteiger partial charge in [-0.05, 0) is 59.7 Å². The molecule has 0 saturated carbocycles. The van der Waals surface area contributed by atoms with E-state index in [0.29, 0.717) is 11.3 Å². The molecule has 0 saturated heterocycles. The summed E-state index contributed by atoms with van der Waals surface area (Å²) < 4.78 is 23.0. The smallest absolute Gasteiger partial charge is 0.270 e. The van der Waals surface area contributed by atoms with Crippen molar-refractivity contribution in [3.63, 3.8) is 0 Å². The van der Waals surface area contributed by atoms with E-state index in [1.54, 1.807) is 31.2 Å². The van der Waals surface area contributed by atoms with Gasteiger partial charge in [0.2, 0.25) is 0 Å². The molecule has 1 unspecified atom stereocenters. The maximum atomic E-state index is 13.8. The number of hydrogen-bond acceptors (Lipinski definition) is 8. The lowest BCUT2D eigenvalue weighted by Gasteiger charge is -2.29. The number of primary amides is 1. The highest BCUT2D eigenvalue weighted by atomic mass is 32.1. The number of amides is 3. The summed E-state index contributed by atoms with van der Waals surface area (Å²) in [6, 6.07) is 11.5. The molecule has 3 heterocycles. The highest BCUT2D eigenvalue weighted by molar-refractivity contribution is 7.10. The van der Waals surface area contributed by atoms with Gasteiger partial charge in [0.25, 0.3) is 17.7 Å². The van der Waals surface area contributed by atoms with Crippen LogP contribution in [0.25, 0.3) is 0 Å². The van der Waals surface area contributed by atoms with Gasteiger partial charge >= 0.3 is 0 Å². The molecular weight excluding hydrogens is 505 g/mol. The molecular formula is C24H22FN5O4S2. The second-order valence-electron chi connectivity index (χ2n) is 7.85. The molecule has 5 N–H and O–H groups in total. The Morgan fingerprint density at radius 2 is 1.92 bits per heavy atom. The van der Waals surface area contributed by atoms with E-state index in [1.807, 2.05) is 17.5 Å². The standard InChI is InChI=1S/C24H22FN5O4S2/c1-13-4-9-17(34-13)20(23(32)28-11-14-5-7-15(25)8-6-14)30(12-16-3-2-10-35-16)24(33)21-18(26)19(22(27)31)29-36-21/h2-10,20H,11-12,26H2,1H3,(H2,27,31)(H,28,32). The highest BCUT2D eigenvalue weighted by Gasteiger charge is 2.37. The third kappa shape index (κ3) is 5.44. The predicted molar refractivity (Wildman–Crippen MR) is 134 cm³/mol. The number of benzene rings is 1. The molecule has 3 amide bonds.